The number of methoxy groups -OCH3 is 2. The minimum Gasteiger partial charge on any atom is -0.496 e. The van der Waals surface area contributed by atoms with E-state index in [1.54, 1.807) is 18.2 Å². The van der Waals surface area contributed by atoms with Gasteiger partial charge in [0.2, 0.25) is 0 Å². The largest absolute Gasteiger partial charge is 0.496 e. The molecule has 2 rings (SSSR count). The first-order valence-electron chi connectivity index (χ1n) is 6.88. The third-order valence-electron chi connectivity index (χ3n) is 3.09. The van der Waals surface area contributed by atoms with E-state index in [4.69, 9.17) is 14.2 Å². The lowest BCUT2D eigenvalue weighted by Crippen LogP contribution is -2.17. The zero-order valence-corrected chi connectivity index (χ0v) is 12.9. The lowest BCUT2D eigenvalue weighted by atomic mass is 10.1. The Morgan fingerprint density at radius 2 is 1.74 bits per heavy atom. The van der Waals surface area contributed by atoms with Gasteiger partial charge in [-0.05, 0) is 17.7 Å². The Labute approximate surface area is 134 Å². The fourth-order valence-electron chi connectivity index (χ4n) is 1.99. The Hall–Kier alpha value is -3.02. The van der Waals surface area contributed by atoms with Gasteiger partial charge in [0, 0.05) is 0 Å². The Morgan fingerprint density at radius 1 is 1.00 bits per heavy atom. The van der Waals surface area contributed by atoms with Gasteiger partial charge in [-0.2, -0.15) is 0 Å². The van der Waals surface area contributed by atoms with Gasteiger partial charge in [0.1, 0.15) is 17.9 Å². The smallest absolute Gasteiger partial charge is 0.411 e. The van der Waals surface area contributed by atoms with Crippen LogP contribution in [0.4, 0.5) is 10.5 Å². The molecule has 0 bridgehead atoms. The van der Waals surface area contributed by atoms with Crippen LogP contribution in [0.3, 0.4) is 0 Å². The third kappa shape index (κ3) is 4.23. The maximum Gasteiger partial charge on any atom is 0.411 e. The number of hydrogen-bond donors (Lipinski definition) is 1. The van der Waals surface area contributed by atoms with Gasteiger partial charge in [0.05, 0.1) is 19.9 Å². The molecule has 0 aromatic heterocycles. The molecule has 6 nitrogen and oxygen atoms in total. The van der Waals surface area contributed by atoms with Crippen molar-refractivity contribution in [3.05, 3.63) is 59.7 Å². The fourth-order valence-corrected chi connectivity index (χ4v) is 1.99. The first-order valence-corrected chi connectivity index (χ1v) is 6.88. The van der Waals surface area contributed by atoms with Gasteiger partial charge >= 0.3 is 12.1 Å². The number of nitrogens with one attached hydrogen (secondary N) is 1. The molecule has 0 atom stereocenters. The van der Waals surface area contributed by atoms with E-state index in [1.807, 2.05) is 30.3 Å². The maximum absolute atomic E-state index is 11.9. The van der Waals surface area contributed by atoms with Crippen LogP contribution >= 0.6 is 0 Å². The van der Waals surface area contributed by atoms with Crippen LogP contribution in [0.2, 0.25) is 0 Å². The summed E-state index contributed by atoms with van der Waals surface area (Å²) in [5, 5.41) is 2.53. The van der Waals surface area contributed by atoms with E-state index in [0.29, 0.717) is 5.75 Å². The van der Waals surface area contributed by atoms with E-state index < -0.39 is 12.1 Å². The van der Waals surface area contributed by atoms with Crippen LogP contribution in [0.5, 0.6) is 5.75 Å². The molecule has 1 N–H and O–H groups in total. The van der Waals surface area contributed by atoms with Crippen molar-refractivity contribution in [1.82, 2.24) is 0 Å². The molecule has 0 saturated heterocycles. The van der Waals surface area contributed by atoms with Gasteiger partial charge in [0.25, 0.3) is 0 Å². The van der Waals surface area contributed by atoms with Crippen molar-refractivity contribution in [2.75, 3.05) is 19.5 Å². The van der Waals surface area contributed by atoms with Crippen LogP contribution in [0.1, 0.15) is 15.9 Å². The highest BCUT2D eigenvalue weighted by atomic mass is 16.5. The summed E-state index contributed by atoms with van der Waals surface area (Å²) in [6.07, 6.45) is -0.674. The normalized spacial score (nSPS) is 9.83. The standard InChI is InChI=1S/C17H17NO5/c1-21-14-10-6-9-13(15(14)16(19)22-2)18-17(20)23-11-12-7-4-3-5-8-12/h3-10H,11H2,1-2H3,(H,18,20). The van der Waals surface area contributed by atoms with E-state index in [0.717, 1.165) is 5.56 Å². The summed E-state index contributed by atoms with van der Waals surface area (Å²) in [5.74, 6) is -0.307. The quantitative estimate of drug-likeness (QED) is 0.858. The number of amides is 1. The van der Waals surface area contributed by atoms with Crippen molar-refractivity contribution >= 4 is 17.7 Å². The highest BCUT2D eigenvalue weighted by Gasteiger charge is 2.19. The summed E-state index contributed by atoms with van der Waals surface area (Å²) < 4.78 is 15.0. The summed E-state index contributed by atoms with van der Waals surface area (Å²) in [7, 11) is 2.69. The molecule has 6 heteroatoms. The monoisotopic (exact) mass is 315 g/mol. The minimum atomic E-state index is -0.674. The molecule has 0 aliphatic rings. The van der Waals surface area contributed by atoms with E-state index in [9.17, 15) is 9.59 Å². The van der Waals surface area contributed by atoms with Crippen molar-refractivity contribution in [3.63, 3.8) is 0 Å². The zero-order chi connectivity index (χ0) is 16.7. The highest BCUT2D eigenvalue weighted by molar-refractivity contribution is 6.02. The second kappa shape index (κ2) is 7.84. The third-order valence-corrected chi connectivity index (χ3v) is 3.09. The average molecular weight is 315 g/mol. The second-order valence-electron chi connectivity index (χ2n) is 4.56. The van der Waals surface area contributed by atoms with Crippen molar-refractivity contribution in [1.29, 1.82) is 0 Å². The van der Waals surface area contributed by atoms with Gasteiger partial charge in [-0.15, -0.1) is 0 Å². The lowest BCUT2D eigenvalue weighted by molar-refractivity contribution is 0.0598. The summed E-state index contributed by atoms with van der Waals surface area (Å²) >= 11 is 0. The molecular weight excluding hydrogens is 298 g/mol. The molecule has 23 heavy (non-hydrogen) atoms. The van der Waals surface area contributed by atoms with E-state index in [-0.39, 0.29) is 17.9 Å². The maximum atomic E-state index is 11.9. The molecule has 0 heterocycles. The van der Waals surface area contributed by atoms with E-state index >= 15 is 0 Å². The number of rotatable bonds is 5. The van der Waals surface area contributed by atoms with Gasteiger partial charge in [-0.1, -0.05) is 36.4 Å². The average Bonchev–Trinajstić information content (AvgIpc) is 2.60. The van der Waals surface area contributed by atoms with Crippen LogP contribution in [-0.2, 0) is 16.1 Å². The minimum absolute atomic E-state index is 0.129. The predicted molar refractivity (Wildman–Crippen MR) is 84.6 cm³/mol. The van der Waals surface area contributed by atoms with Gasteiger partial charge in [-0.25, -0.2) is 9.59 Å². The molecule has 0 fully saturated rings. The van der Waals surface area contributed by atoms with Crippen LogP contribution in [0.25, 0.3) is 0 Å². The van der Waals surface area contributed by atoms with Crippen LogP contribution < -0.4 is 10.1 Å². The molecule has 2 aromatic carbocycles. The number of hydrogen-bond acceptors (Lipinski definition) is 5. The summed E-state index contributed by atoms with van der Waals surface area (Å²) in [4.78, 5) is 23.8. The molecule has 1 amide bonds. The van der Waals surface area contributed by atoms with Crippen LogP contribution in [0, 0.1) is 0 Å². The Bertz CT molecular complexity index is 685. The molecule has 120 valence electrons. The number of carbonyl (C=O) groups is 2. The molecule has 2 aromatic rings. The van der Waals surface area contributed by atoms with Gasteiger partial charge in [0.15, 0.2) is 0 Å². The number of esters is 1. The number of anilines is 1. The highest BCUT2D eigenvalue weighted by Crippen LogP contribution is 2.27. The number of benzene rings is 2. The molecule has 0 unspecified atom stereocenters. The predicted octanol–water partition coefficient (Wildman–Crippen LogP) is 3.23. The Balaban J connectivity index is 2.10. The number of carbonyl (C=O) groups excluding carboxylic acids is 2. The first kappa shape index (κ1) is 16.4. The zero-order valence-electron chi connectivity index (χ0n) is 12.9. The number of ether oxygens (including phenoxy) is 3. The van der Waals surface area contributed by atoms with E-state index in [1.165, 1.54) is 14.2 Å². The molecule has 0 aliphatic carbocycles. The molecule has 0 aliphatic heterocycles. The van der Waals surface area contributed by atoms with Gasteiger partial charge in [-0.3, -0.25) is 5.32 Å². The van der Waals surface area contributed by atoms with E-state index in [2.05, 4.69) is 5.32 Å². The topological polar surface area (TPSA) is 73.9 Å². The summed E-state index contributed by atoms with van der Waals surface area (Å²) in [6, 6.07) is 14.1. The molecule has 0 spiro atoms. The van der Waals surface area contributed by atoms with Crippen LogP contribution in [0.15, 0.2) is 48.5 Å². The van der Waals surface area contributed by atoms with Crippen molar-refractivity contribution < 1.29 is 23.8 Å². The van der Waals surface area contributed by atoms with Crippen LogP contribution in [-0.4, -0.2) is 26.3 Å². The Kier molecular flexibility index (Phi) is 5.57. The lowest BCUT2D eigenvalue weighted by Gasteiger charge is -2.13. The summed E-state index contributed by atoms with van der Waals surface area (Å²) in [6.45, 7) is 0.129. The van der Waals surface area contributed by atoms with Crippen molar-refractivity contribution in [2.24, 2.45) is 0 Å². The first-order chi connectivity index (χ1) is 11.2. The summed E-state index contributed by atoms with van der Waals surface area (Å²) in [5.41, 5.74) is 1.25. The second-order valence-corrected chi connectivity index (χ2v) is 4.56. The van der Waals surface area contributed by atoms with Crippen molar-refractivity contribution in [2.45, 2.75) is 6.61 Å². The van der Waals surface area contributed by atoms with Gasteiger partial charge < -0.3 is 14.2 Å². The Morgan fingerprint density at radius 3 is 2.39 bits per heavy atom. The van der Waals surface area contributed by atoms with Crippen molar-refractivity contribution in [3.8, 4) is 5.75 Å². The molecular formula is C17H17NO5. The SMILES string of the molecule is COC(=O)c1c(NC(=O)OCc2ccccc2)cccc1OC. The fraction of sp³-hybridized carbons (Fsp3) is 0.176. The molecule has 0 saturated carbocycles. The molecule has 0 radical (unpaired) electrons.